The number of nitrogens with zero attached hydrogens (tertiary/aromatic N) is 3. The van der Waals surface area contributed by atoms with Crippen LogP contribution in [0, 0.1) is 0 Å². The summed E-state index contributed by atoms with van der Waals surface area (Å²) < 4.78 is 5.52. The van der Waals surface area contributed by atoms with Crippen LogP contribution in [0.4, 0.5) is 5.95 Å². The van der Waals surface area contributed by atoms with Gasteiger partial charge in [0.05, 0.1) is 12.0 Å². The first-order chi connectivity index (χ1) is 11.3. The fourth-order valence-corrected chi connectivity index (χ4v) is 2.85. The topological polar surface area (TPSA) is 68.2 Å². The quantitative estimate of drug-likeness (QED) is 0.790. The third-order valence-corrected chi connectivity index (χ3v) is 4.07. The van der Waals surface area contributed by atoms with E-state index < -0.39 is 0 Å². The van der Waals surface area contributed by atoms with E-state index in [1.807, 2.05) is 48.5 Å². The molecule has 2 aromatic heterocycles. The normalized spacial score (nSPS) is 16.9. The average molecular weight is 343 g/mol. The molecule has 0 spiro atoms. The molecule has 3 heterocycles. The second-order valence-corrected chi connectivity index (χ2v) is 5.78. The van der Waals surface area contributed by atoms with E-state index in [0.29, 0.717) is 5.95 Å². The summed E-state index contributed by atoms with van der Waals surface area (Å²) in [6.07, 6.45) is 2.63. The van der Waals surface area contributed by atoms with Crippen molar-refractivity contribution in [3.8, 4) is 22.7 Å². The summed E-state index contributed by atoms with van der Waals surface area (Å²) >= 11 is 0. The highest BCUT2D eigenvalue weighted by atomic mass is 35.5. The smallest absolute Gasteiger partial charge is 0.226 e. The van der Waals surface area contributed by atoms with Crippen LogP contribution in [0.5, 0.6) is 0 Å². The first-order valence-electron chi connectivity index (χ1n) is 7.78. The molecule has 1 saturated heterocycles. The summed E-state index contributed by atoms with van der Waals surface area (Å²) in [6, 6.07) is 16.0. The van der Waals surface area contributed by atoms with Crippen LogP contribution in [0.1, 0.15) is 6.42 Å². The van der Waals surface area contributed by atoms with E-state index >= 15 is 0 Å². The van der Waals surface area contributed by atoms with E-state index in [4.69, 9.17) is 15.1 Å². The highest BCUT2D eigenvalue weighted by Crippen LogP contribution is 2.27. The number of halogens is 1. The molecule has 24 heavy (non-hydrogen) atoms. The first-order valence-corrected chi connectivity index (χ1v) is 7.78. The minimum atomic E-state index is 0. The van der Waals surface area contributed by atoms with Gasteiger partial charge in [-0.15, -0.1) is 12.4 Å². The van der Waals surface area contributed by atoms with E-state index in [9.17, 15) is 0 Å². The van der Waals surface area contributed by atoms with Crippen molar-refractivity contribution in [3.05, 3.63) is 54.8 Å². The van der Waals surface area contributed by atoms with Crippen molar-refractivity contribution in [2.24, 2.45) is 5.73 Å². The maximum absolute atomic E-state index is 6.03. The Kier molecular flexibility index (Phi) is 4.83. The van der Waals surface area contributed by atoms with E-state index in [1.54, 1.807) is 6.26 Å². The van der Waals surface area contributed by atoms with Crippen molar-refractivity contribution in [2.75, 3.05) is 18.0 Å². The molecule has 0 aliphatic carbocycles. The molecule has 0 saturated carbocycles. The van der Waals surface area contributed by atoms with Crippen LogP contribution in [-0.2, 0) is 0 Å². The fraction of sp³-hybridized carbons (Fsp3) is 0.222. The number of hydrogen-bond donors (Lipinski definition) is 1. The van der Waals surface area contributed by atoms with Crippen LogP contribution >= 0.6 is 12.4 Å². The standard InChI is InChI=1S/C18H18N4O.ClH/c19-14-8-9-22(12-14)18-20-15(13-5-2-1-3-6-13)11-16(21-18)17-7-4-10-23-17;/h1-7,10-11,14H,8-9,12,19H2;1H. The van der Waals surface area contributed by atoms with Crippen LogP contribution in [0.3, 0.4) is 0 Å². The molecule has 1 aromatic carbocycles. The Labute approximate surface area is 146 Å². The molecule has 1 aliphatic rings. The molecule has 5 nitrogen and oxygen atoms in total. The fourth-order valence-electron chi connectivity index (χ4n) is 2.85. The summed E-state index contributed by atoms with van der Waals surface area (Å²) in [6.45, 7) is 1.67. The van der Waals surface area contributed by atoms with Crippen molar-refractivity contribution in [1.82, 2.24) is 9.97 Å². The Morgan fingerprint density at radius 3 is 2.50 bits per heavy atom. The number of anilines is 1. The molecule has 2 N–H and O–H groups in total. The zero-order valence-electron chi connectivity index (χ0n) is 13.1. The van der Waals surface area contributed by atoms with Gasteiger partial charge in [0.2, 0.25) is 5.95 Å². The van der Waals surface area contributed by atoms with Gasteiger partial charge in [0.25, 0.3) is 0 Å². The van der Waals surface area contributed by atoms with Crippen molar-refractivity contribution >= 4 is 18.4 Å². The van der Waals surface area contributed by atoms with Crippen molar-refractivity contribution in [2.45, 2.75) is 12.5 Å². The van der Waals surface area contributed by atoms with Gasteiger partial charge >= 0.3 is 0 Å². The Balaban J connectivity index is 0.00000169. The lowest BCUT2D eigenvalue weighted by molar-refractivity contribution is 0.579. The van der Waals surface area contributed by atoms with Gasteiger partial charge in [0.15, 0.2) is 5.76 Å². The van der Waals surface area contributed by atoms with Gasteiger partial charge in [-0.3, -0.25) is 0 Å². The molecule has 1 atom stereocenters. The van der Waals surface area contributed by atoms with E-state index in [2.05, 4.69) is 9.88 Å². The highest BCUT2D eigenvalue weighted by molar-refractivity contribution is 5.85. The summed E-state index contributed by atoms with van der Waals surface area (Å²) in [4.78, 5) is 11.6. The lowest BCUT2D eigenvalue weighted by atomic mass is 10.1. The highest BCUT2D eigenvalue weighted by Gasteiger charge is 2.23. The van der Waals surface area contributed by atoms with E-state index in [-0.39, 0.29) is 18.4 Å². The summed E-state index contributed by atoms with van der Waals surface area (Å²) in [5.41, 5.74) is 8.77. The number of rotatable bonds is 3. The zero-order chi connectivity index (χ0) is 15.6. The van der Waals surface area contributed by atoms with Crippen molar-refractivity contribution in [1.29, 1.82) is 0 Å². The number of benzene rings is 1. The third kappa shape index (κ3) is 3.27. The predicted octanol–water partition coefficient (Wildman–Crippen LogP) is 3.36. The second kappa shape index (κ2) is 7.03. The van der Waals surface area contributed by atoms with E-state index in [1.165, 1.54) is 0 Å². The largest absolute Gasteiger partial charge is 0.463 e. The molecule has 1 fully saturated rings. The Morgan fingerprint density at radius 1 is 1.04 bits per heavy atom. The molecule has 6 heteroatoms. The molecule has 0 bridgehead atoms. The van der Waals surface area contributed by atoms with Crippen LogP contribution in [0.25, 0.3) is 22.7 Å². The van der Waals surface area contributed by atoms with Gasteiger partial charge in [0, 0.05) is 24.7 Å². The average Bonchev–Trinajstić information content (AvgIpc) is 3.27. The predicted molar refractivity (Wildman–Crippen MR) is 97.2 cm³/mol. The number of hydrogen-bond acceptors (Lipinski definition) is 5. The molecule has 3 aromatic rings. The van der Waals surface area contributed by atoms with Crippen LogP contribution in [-0.4, -0.2) is 29.1 Å². The molecule has 0 radical (unpaired) electrons. The van der Waals surface area contributed by atoms with Gasteiger partial charge in [-0.25, -0.2) is 9.97 Å². The maximum atomic E-state index is 6.03. The summed E-state index contributed by atoms with van der Waals surface area (Å²) in [7, 11) is 0. The van der Waals surface area contributed by atoms with Gasteiger partial charge < -0.3 is 15.1 Å². The van der Waals surface area contributed by atoms with Crippen molar-refractivity contribution < 1.29 is 4.42 Å². The Hall–Kier alpha value is -2.37. The molecule has 1 aliphatic heterocycles. The monoisotopic (exact) mass is 342 g/mol. The number of aromatic nitrogens is 2. The summed E-state index contributed by atoms with van der Waals surface area (Å²) in [5, 5.41) is 0. The molecule has 0 amide bonds. The van der Waals surface area contributed by atoms with Crippen LogP contribution < -0.4 is 10.6 Å². The molecular formula is C18H19ClN4O. The minimum Gasteiger partial charge on any atom is -0.463 e. The van der Waals surface area contributed by atoms with Crippen molar-refractivity contribution in [3.63, 3.8) is 0 Å². The third-order valence-electron chi connectivity index (χ3n) is 4.07. The lowest BCUT2D eigenvalue weighted by Gasteiger charge is -2.17. The second-order valence-electron chi connectivity index (χ2n) is 5.78. The number of furan rings is 1. The lowest BCUT2D eigenvalue weighted by Crippen LogP contribution is -2.27. The number of nitrogens with two attached hydrogens (primary N) is 1. The first kappa shape index (κ1) is 16.5. The molecule has 4 rings (SSSR count). The maximum Gasteiger partial charge on any atom is 0.226 e. The Morgan fingerprint density at radius 2 is 1.83 bits per heavy atom. The Bertz CT molecular complexity index is 792. The van der Waals surface area contributed by atoms with Crippen LogP contribution in [0.15, 0.2) is 59.2 Å². The molecule has 1 unspecified atom stereocenters. The van der Waals surface area contributed by atoms with Gasteiger partial charge in [-0.2, -0.15) is 0 Å². The SMILES string of the molecule is Cl.NC1CCN(c2nc(-c3ccccc3)cc(-c3ccco3)n2)C1. The van der Waals surface area contributed by atoms with Gasteiger partial charge in [-0.1, -0.05) is 30.3 Å². The molecule has 124 valence electrons. The zero-order valence-corrected chi connectivity index (χ0v) is 13.9. The minimum absolute atomic E-state index is 0. The van der Waals surface area contributed by atoms with Gasteiger partial charge in [0.1, 0.15) is 5.69 Å². The summed E-state index contributed by atoms with van der Waals surface area (Å²) in [5.74, 6) is 1.46. The molecular weight excluding hydrogens is 324 g/mol. The van der Waals surface area contributed by atoms with E-state index in [0.717, 1.165) is 42.2 Å². The van der Waals surface area contributed by atoms with Gasteiger partial charge in [-0.05, 0) is 24.6 Å². The van der Waals surface area contributed by atoms with Crippen LogP contribution in [0.2, 0.25) is 0 Å².